The molecule has 2 amide bonds. The highest BCUT2D eigenvalue weighted by molar-refractivity contribution is 7.99. The van der Waals surface area contributed by atoms with Gasteiger partial charge >= 0.3 is 0 Å². The van der Waals surface area contributed by atoms with E-state index in [2.05, 4.69) is 27.5 Å². The number of amides is 2. The minimum absolute atomic E-state index is 0.0852. The Bertz CT molecular complexity index is 908. The molecular formula is C19H22N4O3S. The lowest BCUT2D eigenvalue weighted by Crippen LogP contribution is -2.36. The number of H-pyrrole nitrogens is 1. The van der Waals surface area contributed by atoms with Crippen LogP contribution in [0.3, 0.4) is 0 Å². The molecule has 8 heteroatoms. The number of thioether (sulfide) groups is 1. The molecule has 2 aromatic rings. The third kappa shape index (κ3) is 4.39. The molecule has 142 valence electrons. The van der Waals surface area contributed by atoms with E-state index in [4.69, 9.17) is 0 Å². The van der Waals surface area contributed by atoms with Gasteiger partial charge in [-0.2, -0.15) is 0 Å². The molecule has 0 aliphatic carbocycles. The Morgan fingerprint density at radius 3 is 2.67 bits per heavy atom. The van der Waals surface area contributed by atoms with Crippen molar-refractivity contribution in [2.24, 2.45) is 0 Å². The van der Waals surface area contributed by atoms with E-state index >= 15 is 0 Å². The highest BCUT2D eigenvalue weighted by Crippen LogP contribution is 2.30. The van der Waals surface area contributed by atoms with Gasteiger partial charge in [-0.05, 0) is 30.5 Å². The molecule has 1 aliphatic rings. The standard InChI is InChI=1S/C19H22N4O3S/c1-3-9-27-19-22-16-15(18(26)23-19)13(10-14(24)21-16)17(25)20-12-7-5-11(4-2)6-8-12/h5-8,13H,3-4,9-10H2,1-2H3,(H,20,25)(H2,21,22,23,24,26)/t13-/m1/s1. The van der Waals surface area contributed by atoms with Crippen LogP contribution < -0.4 is 16.2 Å². The average Bonchev–Trinajstić information content (AvgIpc) is 2.66. The Morgan fingerprint density at radius 1 is 1.26 bits per heavy atom. The second-order valence-corrected chi connectivity index (χ2v) is 7.41. The first kappa shape index (κ1) is 19.2. The van der Waals surface area contributed by atoms with Crippen LogP contribution in [0.4, 0.5) is 11.5 Å². The summed E-state index contributed by atoms with van der Waals surface area (Å²) in [6.45, 7) is 4.08. The number of hydrogen-bond donors (Lipinski definition) is 3. The molecule has 0 saturated carbocycles. The van der Waals surface area contributed by atoms with Crippen LogP contribution >= 0.6 is 11.8 Å². The van der Waals surface area contributed by atoms with Gasteiger partial charge in [0, 0.05) is 17.9 Å². The lowest BCUT2D eigenvalue weighted by atomic mass is 9.92. The highest BCUT2D eigenvalue weighted by atomic mass is 32.2. The molecule has 1 aliphatic heterocycles. The zero-order chi connectivity index (χ0) is 19.4. The van der Waals surface area contributed by atoms with Gasteiger partial charge in [-0.25, -0.2) is 4.98 Å². The smallest absolute Gasteiger partial charge is 0.257 e. The van der Waals surface area contributed by atoms with Crippen molar-refractivity contribution in [3.05, 3.63) is 45.7 Å². The van der Waals surface area contributed by atoms with E-state index in [0.717, 1.165) is 24.2 Å². The predicted molar refractivity (Wildman–Crippen MR) is 106 cm³/mol. The van der Waals surface area contributed by atoms with Crippen LogP contribution in [0, 0.1) is 0 Å². The minimum atomic E-state index is -0.874. The maximum absolute atomic E-state index is 12.8. The number of nitrogens with zero attached hydrogens (tertiary/aromatic N) is 1. The van der Waals surface area contributed by atoms with Gasteiger partial charge in [0.25, 0.3) is 5.56 Å². The van der Waals surface area contributed by atoms with Crippen molar-refractivity contribution in [1.29, 1.82) is 0 Å². The van der Waals surface area contributed by atoms with Crippen LogP contribution in [-0.2, 0) is 16.0 Å². The fourth-order valence-corrected chi connectivity index (χ4v) is 3.61. The maximum Gasteiger partial charge on any atom is 0.257 e. The number of benzene rings is 1. The number of carbonyl (C=O) groups is 2. The van der Waals surface area contributed by atoms with Crippen molar-refractivity contribution in [3.63, 3.8) is 0 Å². The second kappa shape index (κ2) is 8.39. The van der Waals surface area contributed by atoms with E-state index in [0.29, 0.717) is 10.8 Å². The molecule has 0 bridgehead atoms. The Hall–Kier alpha value is -2.61. The molecule has 1 aromatic carbocycles. The van der Waals surface area contributed by atoms with Gasteiger partial charge in [0.15, 0.2) is 5.16 Å². The summed E-state index contributed by atoms with van der Waals surface area (Å²) in [5.74, 6) is -0.617. The molecule has 1 atom stereocenters. The largest absolute Gasteiger partial charge is 0.326 e. The molecule has 0 fully saturated rings. The highest BCUT2D eigenvalue weighted by Gasteiger charge is 2.34. The van der Waals surface area contributed by atoms with Gasteiger partial charge in [-0.15, -0.1) is 0 Å². The number of rotatable bonds is 6. The maximum atomic E-state index is 12.8. The van der Waals surface area contributed by atoms with Crippen molar-refractivity contribution < 1.29 is 9.59 Å². The Kier molecular flexibility index (Phi) is 5.95. The van der Waals surface area contributed by atoms with Crippen LogP contribution in [0.15, 0.2) is 34.2 Å². The summed E-state index contributed by atoms with van der Waals surface area (Å²) in [5.41, 5.74) is 1.61. The fourth-order valence-electron chi connectivity index (χ4n) is 2.89. The normalized spacial score (nSPS) is 15.8. The summed E-state index contributed by atoms with van der Waals surface area (Å²) < 4.78 is 0. The van der Waals surface area contributed by atoms with Gasteiger partial charge in [0.05, 0.1) is 11.5 Å². The summed E-state index contributed by atoms with van der Waals surface area (Å²) in [5, 5.41) is 5.86. The first-order chi connectivity index (χ1) is 13.0. The van der Waals surface area contributed by atoms with E-state index < -0.39 is 11.8 Å². The molecule has 3 rings (SSSR count). The molecule has 7 nitrogen and oxygen atoms in total. The molecule has 3 N–H and O–H groups in total. The Morgan fingerprint density at radius 2 is 2.00 bits per heavy atom. The van der Waals surface area contributed by atoms with Crippen LogP contribution in [0.2, 0.25) is 0 Å². The zero-order valence-electron chi connectivity index (χ0n) is 15.3. The van der Waals surface area contributed by atoms with Crippen molar-refractivity contribution in [2.45, 2.75) is 44.2 Å². The summed E-state index contributed by atoms with van der Waals surface area (Å²) >= 11 is 1.41. The third-order valence-corrected chi connectivity index (χ3v) is 5.40. The van der Waals surface area contributed by atoms with Gasteiger partial charge in [0.1, 0.15) is 5.82 Å². The predicted octanol–water partition coefficient (Wildman–Crippen LogP) is 2.90. The van der Waals surface area contributed by atoms with Gasteiger partial charge < -0.3 is 15.6 Å². The summed E-state index contributed by atoms with van der Waals surface area (Å²) in [6.07, 6.45) is 1.75. The van der Waals surface area contributed by atoms with E-state index in [1.54, 1.807) is 0 Å². The van der Waals surface area contributed by atoms with Crippen LogP contribution in [0.1, 0.15) is 43.7 Å². The SMILES string of the molecule is CCCSc1nc2c(c(=O)[nH]1)[C@H](C(=O)Nc1ccc(CC)cc1)CC(=O)N2. The van der Waals surface area contributed by atoms with Gasteiger partial charge in [-0.1, -0.05) is 37.7 Å². The van der Waals surface area contributed by atoms with Crippen LogP contribution in [0.25, 0.3) is 0 Å². The lowest BCUT2D eigenvalue weighted by Gasteiger charge is -2.23. The number of hydrogen-bond acceptors (Lipinski definition) is 5. The minimum Gasteiger partial charge on any atom is -0.326 e. The lowest BCUT2D eigenvalue weighted by molar-refractivity contribution is -0.123. The van der Waals surface area contributed by atoms with Gasteiger partial charge in [0.2, 0.25) is 11.8 Å². The number of fused-ring (bicyclic) bond motifs is 1. The van der Waals surface area contributed by atoms with Crippen molar-refractivity contribution >= 4 is 35.1 Å². The molecule has 0 saturated heterocycles. The summed E-state index contributed by atoms with van der Waals surface area (Å²) in [7, 11) is 0. The second-order valence-electron chi connectivity index (χ2n) is 6.33. The molecule has 27 heavy (non-hydrogen) atoms. The molecule has 0 unspecified atom stereocenters. The van der Waals surface area contributed by atoms with Gasteiger partial charge in [-0.3, -0.25) is 14.4 Å². The fraction of sp³-hybridized carbons (Fsp3) is 0.368. The topological polar surface area (TPSA) is 104 Å². The third-order valence-electron chi connectivity index (χ3n) is 4.32. The van der Waals surface area contributed by atoms with Crippen LogP contribution in [0.5, 0.6) is 0 Å². The molecule has 0 radical (unpaired) electrons. The summed E-state index contributed by atoms with van der Waals surface area (Å²) in [6, 6.07) is 7.49. The quantitative estimate of drug-likeness (QED) is 0.523. The molecule has 0 spiro atoms. The van der Waals surface area contributed by atoms with E-state index in [1.807, 2.05) is 31.2 Å². The number of aryl methyl sites for hydroxylation is 1. The number of nitrogens with one attached hydrogen (secondary N) is 3. The number of carbonyl (C=O) groups excluding carboxylic acids is 2. The Balaban J connectivity index is 1.87. The van der Waals surface area contributed by atoms with Crippen molar-refractivity contribution in [1.82, 2.24) is 9.97 Å². The molecule has 2 heterocycles. The van der Waals surface area contributed by atoms with E-state index in [9.17, 15) is 14.4 Å². The number of aromatic nitrogens is 2. The first-order valence-electron chi connectivity index (χ1n) is 8.98. The number of anilines is 2. The summed E-state index contributed by atoms with van der Waals surface area (Å²) in [4.78, 5) is 44.4. The van der Waals surface area contributed by atoms with Crippen molar-refractivity contribution in [2.75, 3.05) is 16.4 Å². The molecular weight excluding hydrogens is 364 g/mol. The molecule has 1 aromatic heterocycles. The van der Waals surface area contributed by atoms with Crippen LogP contribution in [-0.4, -0.2) is 27.5 Å². The van der Waals surface area contributed by atoms with Crippen molar-refractivity contribution in [3.8, 4) is 0 Å². The zero-order valence-corrected chi connectivity index (χ0v) is 16.1. The number of aromatic amines is 1. The average molecular weight is 386 g/mol. The Labute approximate surface area is 161 Å². The van der Waals surface area contributed by atoms with E-state index in [1.165, 1.54) is 11.8 Å². The van der Waals surface area contributed by atoms with E-state index in [-0.39, 0.29) is 29.3 Å². The monoisotopic (exact) mass is 386 g/mol. The first-order valence-corrected chi connectivity index (χ1v) is 9.97.